The van der Waals surface area contributed by atoms with E-state index < -0.39 is 0 Å². The van der Waals surface area contributed by atoms with Gasteiger partial charge in [0.15, 0.2) is 5.82 Å². The standard InChI is InChI=1S/C14H20N4/c1-3-12-6-4-5-7-13(12)10-15-9-8-14-16-11-18(2)17-14/h4-7,11,15H,3,8-10H2,1-2H3. The molecule has 0 amide bonds. The Bertz CT molecular complexity index is 490. The van der Waals surface area contributed by atoms with Gasteiger partial charge in [-0.05, 0) is 17.5 Å². The van der Waals surface area contributed by atoms with Crippen molar-refractivity contribution < 1.29 is 0 Å². The van der Waals surface area contributed by atoms with Gasteiger partial charge in [0.05, 0.1) is 0 Å². The number of rotatable bonds is 6. The van der Waals surface area contributed by atoms with Crippen molar-refractivity contribution in [1.82, 2.24) is 20.1 Å². The lowest BCUT2D eigenvalue weighted by molar-refractivity contribution is 0.658. The summed E-state index contributed by atoms with van der Waals surface area (Å²) in [5, 5.41) is 7.70. The van der Waals surface area contributed by atoms with Crippen LogP contribution in [-0.2, 0) is 26.4 Å². The SMILES string of the molecule is CCc1ccccc1CNCCc1ncn(C)n1. The molecule has 0 aliphatic carbocycles. The van der Waals surface area contributed by atoms with Crippen molar-refractivity contribution in [3.05, 3.63) is 47.5 Å². The molecule has 2 rings (SSSR count). The Kier molecular flexibility index (Phi) is 4.47. The molecule has 1 aromatic carbocycles. The lowest BCUT2D eigenvalue weighted by Crippen LogP contribution is -2.18. The molecule has 1 aromatic heterocycles. The molecular formula is C14H20N4. The molecule has 4 nitrogen and oxygen atoms in total. The van der Waals surface area contributed by atoms with Crippen LogP contribution in [0.25, 0.3) is 0 Å². The second kappa shape index (κ2) is 6.31. The maximum atomic E-state index is 4.25. The number of hydrogen-bond acceptors (Lipinski definition) is 3. The van der Waals surface area contributed by atoms with Crippen molar-refractivity contribution in [3.8, 4) is 0 Å². The number of nitrogens with one attached hydrogen (secondary N) is 1. The third-order valence-corrected chi connectivity index (χ3v) is 2.99. The molecular weight excluding hydrogens is 224 g/mol. The highest BCUT2D eigenvalue weighted by molar-refractivity contribution is 5.26. The number of aromatic nitrogens is 3. The zero-order valence-corrected chi connectivity index (χ0v) is 11.1. The van der Waals surface area contributed by atoms with Crippen LogP contribution < -0.4 is 5.32 Å². The van der Waals surface area contributed by atoms with Crippen LogP contribution in [0.5, 0.6) is 0 Å². The lowest BCUT2D eigenvalue weighted by Gasteiger charge is -2.08. The van der Waals surface area contributed by atoms with Crippen LogP contribution in [0.1, 0.15) is 23.9 Å². The first kappa shape index (κ1) is 12.8. The topological polar surface area (TPSA) is 42.7 Å². The molecule has 2 aromatic rings. The van der Waals surface area contributed by atoms with E-state index in [1.54, 1.807) is 11.0 Å². The van der Waals surface area contributed by atoms with Crippen molar-refractivity contribution in [2.75, 3.05) is 6.54 Å². The average Bonchev–Trinajstić information content (AvgIpc) is 2.81. The summed E-state index contributed by atoms with van der Waals surface area (Å²) in [5.41, 5.74) is 2.80. The molecule has 0 saturated carbocycles. The third kappa shape index (κ3) is 3.40. The smallest absolute Gasteiger partial charge is 0.151 e. The van der Waals surface area contributed by atoms with Gasteiger partial charge < -0.3 is 5.32 Å². The van der Waals surface area contributed by atoms with Crippen LogP contribution in [-0.4, -0.2) is 21.3 Å². The molecule has 0 unspecified atom stereocenters. The molecule has 0 bridgehead atoms. The fraction of sp³-hybridized carbons (Fsp3) is 0.429. The van der Waals surface area contributed by atoms with E-state index in [1.807, 2.05) is 7.05 Å². The molecule has 1 heterocycles. The van der Waals surface area contributed by atoms with E-state index in [1.165, 1.54) is 11.1 Å². The Morgan fingerprint density at radius 1 is 1.22 bits per heavy atom. The zero-order valence-electron chi connectivity index (χ0n) is 11.1. The maximum Gasteiger partial charge on any atom is 0.151 e. The molecule has 0 fully saturated rings. The van der Waals surface area contributed by atoms with Crippen molar-refractivity contribution >= 4 is 0 Å². The van der Waals surface area contributed by atoms with E-state index >= 15 is 0 Å². The van der Waals surface area contributed by atoms with Crippen LogP contribution in [0.2, 0.25) is 0 Å². The van der Waals surface area contributed by atoms with Crippen molar-refractivity contribution in [1.29, 1.82) is 0 Å². The lowest BCUT2D eigenvalue weighted by atomic mass is 10.1. The maximum absolute atomic E-state index is 4.25. The van der Waals surface area contributed by atoms with Crippen molar-refractivity contribution in [3.63, 3.8) is 0 Å². The fourth-order valence-corrected chi connectivity index (χ4v) is 2.00. The summed E-state index contributed by atoms with van der Waals surface area (Å²) in [4.78, 5) is 4.21. The van der Waals surface area contributed by atoms with Crippen LogP contribution in [0, 0.1) is 0 Å². The van der Waals surface area contributed by atoms with Gasteiger partial charge in [0.25, 0.3) is 0 Å². The van der Waals surface area contributed by atoms with Gasteiger partial charge in [0.1, 0.15) is 6.33 Å². The Morgan fingerprint density at radius 2 is 2.00 bits per heavy atom. The molecule has 96 valence electrons. The highest BCUT2D eigenvalue weighted by Crippen LogP contribution is 2.08. The zero-order chi connectivity index (χ0) is 12.8. The number of benzene rings is 1. The quantitative estimate of drug-likeness (QED) is 0.787. The fourth-order valence-electron chi connectivity index (χ4n) is 2.00. The van der Waals surface area contributed by atoms with Crippen molar-refractivity contribution in [2.45, 2.75) is 26.3 Å². The number of nitrogens with zero attached hydrogens (tertiary/aromatic N) is 3. The van der Waals surface area contributed by atoms with Gasteiger partial charge >= 0.3 is 0 Å². The minimum absolute atomic E-state index is 0.870. The second-order valence-corrected chi connectivity index (χ2v) is 4.38. The first-order chi connectivity index (χ1) is 8.79. The molecule has 0 aliphatic rings. The van der Waals surface area contributed by atoms with E-state index in [2.05, 4.69) is 46.6 Å². The number of aryl methyl sites for hydroxylation is 2. The highest BCUT2D eigenvalue weighted by Gasteiger charge is 2.00. The summed E-state index contributed by atoms with van der Waals surface area (Å²) < 4.78 is 1.74. The summed E-state index contributed by atoms with van der Waals surface area (Å²) >= 11 is 0. The first-order valence-electron chi connectivity index (χ1n) is 6.41. The molecule has 18 heavy (non-hydrogen) atoms. The summed E-state index contributed by atoms with van der Waals surface area (Å²) in [7, 11) is 1.89. The minimum Gasteiger partial charge on any atom is -0.312 e. The van der Waals surface area contributed by atoms with Crippen LogP contribution in [0.4, 0.5) is 0 Å². The van der Waals surface area contributed by atoms with Gasteiger partial charge in [-0.25, -0.2) is 4.98 Å². The van der Waals surface area contributed by atoms with Gasteiger partial charge in [-0.2, -0.15) is 5.10 Å². The Morgan fingerprint density at radius 3 is 2.67 bits per heavy atom. The molecule has 0 spiro atoms. The molecule has 0 aliphatic heterocycles. The van der Waals surface area contributed by atoms with Gasteiger partial charge in [-0.1, -0.05) is 31.2 Å². The van der Waals surface area contributed by atoms with E-state index in [0.29, 0.717) is 0 Å². The normalized spacial score (nSPS) is 10.8. The monoisotopic (exact) mass is 244 g/mol. The van der Waals surface area contributed by atoms with Gasteiger partial charge in [0.2, 0.25) is 0 Å². The average molecular weight is 244 g/mol. The van der Waals surface area contributed by atoms with E-state index in [0.717, 1.165) is 31.8 Å². The second-order valence-electron chi connectivity index (χ2n) is 4.38. The number of hydrogen-bond donors (Lipinski definition) is 1. The molecule has 0 saturated heterocycles. The summed E-state index contributed by atoms with van der Waals surface area (Å²) in [6.45, 7) is 4.01. The molecule has 0 atom stereocenters. The Labute approximate surface area is 108 Å². The highest BCUT2D eigenvalue weighted by atomic mass is 15.3. The van der Waals surface area contributed by atoms with Crippen LogP contribution in [0.15, 0.2) is 30.6 Å². The molecule has 1 N–H and O–H groups in total. The van der Waals surface area contributed by atoms with E-state index in [9.17, 15) is 0 Å². The summed E-state index contributed by atoms with van der Waals surface area (Å²) in [6, 6.07) is 8.57. The predicted octanol–water partition coefficient (Wildman–Crippen LogP) is 1.71. The summed E-state index contributed by atoms with van der Waals surface area (Å²) in [6.07, 6.45) is 3.69. The first-order valence-corrected chi connectivity index (χ1v) is 6.41. The van der Waals surface area contributed by atoms with Gasteiger partial charge in [-0.3, -0.25) is 4.68 Å². The van der Waals surface area contributed by atoms with E-state index in [4.69, 9.17) is 0 Å². The van der Waals surface area contributed by atoms with Crippen LogP contribution in [0.3, 0.4) is 0 Å². The van der Waals surface area contributed by atoms with Gasteiger partial charge in [0, 0.05) is 26.6 Å². The predicted molar refractivity (Wildman–Crippen MR) is 72.2 cm³/mol. The Hall–Kier alpha value is -1.68. The molecule has 4 heteroatoms. The van der Waals surface area contributed by atoms with Crippen molar-refractivity contribution in [2.24, 2.45) is 7.05 Å². The third-order valence-electron chi connectivity index (χ3n) is 2.99. The van der Waals surface area contributed by atoms with Crippen LogP contribution >= 0.6 is 0 Å². The summed E-state index contributed by atoms with van der Waals surface area (Å²) in [5.74, 6) is 0.897. The van der Waals surface area contributed by atoms with E-state index in [-0.39, 0.29) is 0 Å². The Balaban J connectivity index is 1.78. The minimum atomic E-state index is 0.870. The van der Waals surface area contributed by atoms with Gasteiger partial charge in [-0.15, -0.1) is 0 Å². The largest absolute Gasteiger partial charge is 0.312 e. The molecule has 0 radical (unpaired) electrons.